The Labute approximate surface area is 223 Å². The fourth-order valence-corrected chi connectivity index (χ4v) is 5.27. The molecule has 0 spiro atoms. The Bertz CT molecular complexity index is 1610. The Hall–Kier alpha value is -4.11. The van der Waals surface area contributed by atoms with Crippen LogP contribution in [0.5, 0.6) is 5.75 Å². The number of phenolic OH excluding ortho intramolecular Hbond substituents is 1. The molecule has 1 saturated heterocycles. The van der Waals surface area contributed by atoms with E-state index in [-0.39, 0.29) is 33.5 Å². The van der Waals surface area contributed by atoms with E-state index in [0.717, 1.165) is 6.42 Å². The van der Waals surface area contributed by atoms with Crippen molar-refractivity contribution in [1.82, 2.24) is 19.4 Å². The number of rotatable bonds is 5. The second-order valence-electron chi connectivity index (χ2n) is 9.89. The fourth-order valence-electron chi connectivity index (χ4n) is 5.00. The van der Waals surface area contributed by atoms with Gasteiger partial charge in [0.05, 0.1) is 16.2 Å². The van der Waals surface area contributed by atoms with Gasteiger partial charge in [-0.1, -0.05) is 17.7 Å². The highest BCUT2D eigenvalue weighted by Crippen LogP contribution is 2.41. The van der Waals surface area contributed by atoms with Crippen LogP contribution in [0.1, 0.15) is 20.3 Å². The van der Waals surface area contributed by atoms with Crippen LogP contribution in [0.4, 0.5) is 10.2 Å². The van der Waals surface area contributed by atoms with Gasteiger partial charge >= 0.3 is 5.69 Å². The summed E-state index contributed by atoms with van der Waals surface area (Å²) < 4.78 is 17.7. The summed E-state index contributed by atoms with van der Waals surface area (Å²) in [7, 11) is 1.64. The van der Waals surface area contributed by atoms with Gasteiger partial charge in [-0.05, 0) is 60.9 Å². The fraction of sp³-hybridized carbons (Fsp3) is 0.250. The smallest absolute Gasteiger partial charge is 0.332 e. The normalized spacial score (nSPS) is 17.1. The summed E-state index contributed by atoms with van der Waals surface area (Å²) in [6, 6.07) is 11.0. The lowest BCUT2D eigenvalue weighted by atomic mass is 9.97. The van der Waals surface area contributed by atoms with Crippen LogP contribution in [0.25, 0.3) is 27.9 Å². The van der Waals surface area contributed by atoms with Crippen molar-refractivity contribution in [3.63, 3.8) is 0 Å². The maximum atomic E-state index is 14.8. The predicted molar refractivity (Wildman–Crippen MR) is 145 cm³/mol. The number of halogens is 2. The highest BCUT2D eigenvalue weighted by atomic mass is 35.5. The molecule has 1 aliphatic rings. The number of aromatic hydroxyl groups is 1. The van der Waals surface area contributed by atoms with Crippen molar-refractivity contribution in [2.24, 2.45) is 7.05 Å². The van der Waals surface area contributed by atoms with Gasteiger partial charge in [0, 0.05) is 56.8 Å². The number of aromatic nitrogens is 3. The maximum absolute atomic E-state index is 14.8. The minimum Gasteiger partial charge on any atom is -0.507 e. The number of nitrogens with one attached hydrogen (secondary N) is 1. The van der Waals surface area contributed by atoms with E-state index in [9.17, 15) is 19.1 Å². The predicted octanol–water partition coefficient (Wildman–Crippen LogP) is 4.51. The van der Waals surface area contributed by atoms with Crippen LogP contribution in [-0.2, 0) is 11.8 Å². The summed E-state index contributed by atoms with van der Waals surface area (Å²) in [5.74, 6) is -0.0430. The number of phenols is 1. The van der Waals surface area contributed by atoms with E-state index in [1.54, 1.807) is 56.0 Å². The van der Waals surface area contributed by atoms with E-state index < -0.39 is 5.82 Å². The third kappa shape index (κ3) is 4.77. The molecule has 2 aromatic heterocycles. The summed E-state index contributed by atoms with van der Waals surface area (Å²) in [6.07, 6.45) is 5.62. The molecule has 196 valence electrons. The summed E-state index contributed by atoms with van der Waals surface area (Å²) in [5, 5.41) is 14.5. The SMILES string of the molecule is CC(=O)NC1(C)CCN(c2cc(-c3cc(F)cc(-c4ccc(-n5ccn(C)c5=O)c(Cl)c4)c3O)ccn2)C1. The molecule has 10 heteroatoms. The molecule has 1 fully saturated rings. The van der Waals surface area contributed by atoms with Crippen molar-refractivity contribution in [3.05, 3.63) is 82.4 Å². The molecule has 1 aliphatic heterocycles. The Morgan fingerprint density at radius 1 is 1.13 bits per heavy atom. The van der Waals surface area contributed by atoms with Gasteiger partial charge < -0.3 is 19.9 Å². The number of benzene rings is 2. The van der Waals surface area contributed by atoms with Gasteiger partial charge in [0.1, 0.15) is 17.4 Å². The van der Waals surface area contributed by atoms with E-state index in [0.29, 0.717) is 41.3 Å². The molecule has 2 aromatic carbocycles. The van der Waals surface area contributed by atoms with Crippen molar-refractivity contribution in [1.29, 1.82) is 0 Å². The third-order valence-electron chi connectivity index (χ3n) is 6.87. The van der Waals surface area contributed by atoms with E-state index in [1.165, 1.54) is 28.2 Å². The van der Waals surface area contributed by atoms with Crippen molar-refractivity contribution in [3.8, 4) is 33.7 Å². The average molecular weight is 536 g/mol. The largest absolute Gasteiger partial charge is 0.507 e. The maximum Gasteiger partial charge on any atom is 0.332 e. The molecule has 1 unspecified atom stereocenters. The lowest BCUT2D eigenvalue weighted by Gasteiger charge is -2.26. The monoisotopic (exact) mass is 535 g/mol. The average Bonchev–Trinajstić information content (AvgIpc) is 3.41. The topological polar surface area (TPSA) is 92.4 Å². The number of hydrogen-bond donors (Lipinski definition) is 2. The van der Waals surface area contributed by atoms with Gasteiger partial charge in [0.25, 0.3) is 0 Å². The van der Waals surface area contributed by atoms with Gasteiger partial charge in [0.2, 0.25) is 5.91 Å². The first-order chi connectivity index (χ1) is 18.0. The van der Waals surface area contributed by atoms with Crippen molar-refractivity contribution >= 4 is 23.3 Å². The highest BCUT2D eigenvalue weighted by Gasteiger charge is 2.35. The Balaban J connectivity index is 1.49. The number of amides is 1. The second-order valence-corrected chi connectivity index (χ2v) is 10.3. The zero-order valence-corrected chi connectivity index (χ0v) is 22.0. The van der Waals surface area contributed by atoms with Gasteiger partial charge in [-0.2, -0.15) is 0 Å². The highest BCUT2D eigenvalue weighted by molar-refractivity contribution is 6.32. The minimum absolute atomic E-state index is 0.0859. The van der Waals surface area contributed by atoms with Gasteiger partial charge in [-0.3, -0.25) is 9.36 Å². The van der Waals surface area contributed by atoms with E-state index in [1.807, 2.05) is 6.92 Å². The van der Waals surface area contributed by atoms with E-state index >= 15 is 0 Å². The molecular formula is C28H27ClFN5O3. The minimum atomic E-state index is -0.523. The molecule has 1 amide bonds. The van der Waals surface area contributed by atoms with Gasteiger partial charge in [0.15, 0.2) is 0 Å². The van der Waals surface area contributed by atoms with E-state index in [2.05, 4.69) is 15.2 Å². The number of carbonyl (C=O) groups is 1. The molecule has 0 saturated carbocycles. The van der Waals surface area contributed by atoms with Crippen LogP contribution in [0.15, 0.2) is 65.8 Å². The first-order valence-corrected chi connectivity index (χ1v) is 12.5. The van der Waals surface area contributed by atoms with Gasteiger partial charge in [-0.25, -0.2) is 14.2 Å². The van der Waals surface area contributed by atoms with Crippen LogP contribution < -0.4 is 15.9 Å². The van der Waals surface area contributed by atoms with Crippen LogP contribution in [0.3, 0.4) is 0 Å². The number of carbonyl (C=O) groups excluding carboxylic acids is 1. The molecule has 1 atom stereocenters. The van der Waals surface area contributed by atoms with Gasteiger partial charge in [-0.15, -0.1) is 0 Å². The first kappa shape index (κ1) is 25.5. The molecule has 2 N–H and O–H groups in total. The summed E-state index contributed by atoms with van der Waals surface area (Å²) >= 11 is 6.51. The third-order valence-corrected chi connectivity index (χ3v) is 7.17. The number of hydrogen-bond acceptors (Lipinski definition) is 5. The lowest BCUT2D eigenvalue weighted by Crippen LogP contribution is -2.47. The number of nitrogens with zero attached hydrogens (tertiary/aromatic N) is 4. The summed E-state index contributed by atoms with van der Waals surface area (Å²) in [6.45, 7) is 4.77. The standard InChI is InChI=1S/C28H27ClFN5O3/c1-17(36)32-28(2)7-9-34(16-28)25-13-19(6-8-31-25)22-15-20(30)14-21(26(22)37)18-4-5-24(23(29)12-18)35-11-10-33(3)27(35)38/h4-6,8,10-15,37H,7,9,16H2,1-3H3,(H,32,36). The van der Waals surface area contributed by atoms with Crippen molar-refractivity contribution in [2.45, 2.75) is 25.8 Å². The quantitative estimate of drug-likeness (QED) is 0.392. The number of anilines is 1. The molecule has 4 aromatic rings. The molecule has 0 aliphatic carbocycles. The molecule has 0 radical (unpaired) electrons. The zero-order chi connectivity index (χ0) is 27.2. The number of pyridine rings is 1. The van der Waals surface area contributed by atoms with Crippen LogP contribution in [0, 0.1) is 5.82 Å². The van der Waals surface area contributed by atoms with Crippen LogP contribution >= 0.6 is 11.6 Å². The molecule has 8 nitrogen and oxygen atoms in total. The Kier molecular flexibility index (Phi) is 6.48. The van der Waals surface area contributed by atoms with Crippen molar-refractivity contribution < 1.29 is 14.3 Å². The number of imidazole rings is 1. The molecule has 38 heavy (non-hydrogen) atoms. The molecule has 0 bridgehead atoms. The van der Waals surface area contributed by atoms with Crippen LogP contribution in [-0.4, -0.2) is 43.8 Å². The van der Waals surface area contributed by atoms with E-state index in [4.69, 9.17) is 11.6 Å². The Morgan fingerprint density at radius 3 is 2.47 bits per heavy atom. The summed E-state index contributed by atoms with van der Waals surface area (Å²) in [4.78, 5) is 30.5. The number of aryl methyl sites for hydroxylation is 1. The first-order valence-electron chi connectivity index (χ1n) is 12.1. The molecule has 5 rings (SSSR count). The lowest BCUT2D eigenvalue weighted by molar-refractivity contribution is -0.120. The Morgan fingerprint density at radius 2 is 1.84 bits per heavy atom. The molecular weight excluding hydrogens is 509 g/mol. The zero-order valence-electron chi connectivity index (χ0n) is 21.2. The molecule has 3 heterocycles. The second kappa shape index (κ2) is 9.64. The summed E-state index contributed by atoms with van der Waals surface area (Å²) in [5.41, 5.74) is 1.54. The van der Waals surface area contributed by atoms with Crippen molar-refractivity contribution in [2.75, 3.05) is 18.0 Å². The van der Waals surface area contributed by atoms with Crippen LogP contribution in [0.2, 0.25) is 5.02 Å².